The summed E-state index contributed by atoms with van der Waals surface area (Å²) in [6.45, 7) is 1.15. The molecule has 0 saturated carbocycles. The lowest BCUT2D eigenvalue weighted by molar-refractivity contribution is -0.174. The fourth-order valence-corrected chi connectivity index (χ4v) is 1.08. The van der Waals surface area contributed by atoms with Gasteiger partial charge in [-0.1, -0.05) is 0 Å². The molecule has 0 fully saturated rings. The molecular formula is C10H14O8. The van der Waals surface area contributed by atoms with Crippen LogP contribution in [0.2, 0.25) is 0 Å². The minimum absolute atomic E-state index is 0.470. The summed E-state index contributed by atoms with van der Waals surface area (Å²) in [6.07, 6.45) is -4.18. The average molecular weight is 262 g/mol. The zero-order valence-electron chi connectivity index (χ0n) is 9.91. The van der Waals surface area contributed by atoms with E-state index in [1.54, 1.807) is 0 Å². The number of ether oxygens (including phenoxy) is 2. The molecule has 0 amide bonds. The van der Waals surface area contributed by atoms with Gasteiger partial charge in [0.05, 0.1) is 12.8 Å². The van der Waals surface area contributed by atoms with Crippen LogP contribution >= 0.6 is 0 Å². The van der Waals surface area contributed by atoms with Crippen LogP contribution in [-0.4, -0.2) is 53.2 Å². The van der Waals surface area contributed by atoms with Crippen molar-refractivity contribution in [1.29, 1.82) is 0 Å². The summed E-state index contributed by atoms with van der Waals surface area (Å²) < 4.78 is 9.10. The maximum absolute atomic E-state index is 11.4. The maximum Gasteiger partial charge on any atom is 0.345 e. The molecule has 0 spiro atoms. The third kappa shape index (κ3) is 5.94. The highest BCUT2D eigenvalue weighted by molar-refractivity contribution is 5.87. The van der Waals surface area contributed by atoms with Crippen LogP contribution in [0.15, 0.2) is 0 Å². The smallest absolute Gasteiger partial charge is 0.345 e. The molecule has 0 bridgehead atoms. The van der Waals surface area contributed by atoms with Gasteiger partial charge in [0.1, 0.15) is 5.78 Å². The van der Waals surface area contributed by atoms with Crippen molar-refractivity contribution < 1.29 is 38.9 Å². The molecule has 2 unspecified atom stereocenters. The summed E-state index contributed by atoms with van der Waals surface area (Å²) in [6, 6.07) is 0. The Morgan fingerprint density at radius 3 is 1.94 bits per heavy atom. The van der Waals surface area contributed by atoms with Crippen molar-refractivity contribution in [2.45, 2.75) is 32.0 Å². The fourth-order valence-electron chi connectivity index (χ4n) is 1.08. The van der Waals surface area contributed by atoms with E-state index in [-0.39, 0.29) is 0 Å². The van der Waals surface area contributed by atoms with Gasteiger partial charge in [0, 0.05) is 7.11 Å². The summed E-state index contributed by atoms with van der Waals surface area (Å²) >= 11 is 0. The highest BCUT2D eigenvalue weighted by Gasteiger charge is 2.29. The second-order valence-corrected chi connectivity index (χ2v) is 3.49. The van der Waals surface area contributed by atoms with Gasteiger partial charge in [0.15, 0.2) is 6.10 Å². The quantitative estimate of drug-likeness (QED) is 0.558. The van der Waals surface area contributed by atoms with Crippen molar-refractivity contribution >= 4 is 23.7 Å². The van der Waals surface area contributed by atoms with Gasteiger partial charge in [0.25, 0.3) is 0 Å². The molecule has 0 aromatic carbocycles. The SMILES string of the molecule is COC(CC(=O)O)C(=O)OC(CC(C)=O)C(=O)O. The number of aliphatic carboxylic acids is 2. The lowest BCUT2D eigenvalue weighted by Gasteiger charge is -2.16. The van der Waals surface area contributed by atoms with Crippen LogP contribution in [0.4, 0.5) is 0 Å². The van der Waals surface area contributed by atoms with Crippen molar-refractivity contribution in [3.8, 4) is 0 Å². The first kappa shape index (κ1) is 16.0. The maximum atomic E-state index is 11.4. The van der Waals surface area contributed by atoms with Gasteiger partial charge < -0.3 is 19.7 Å². The molecule has 0 radical (unpaired) electrons. The van der Waals surface area contributed by atoms with Crippen LogP contribution in [0.3, 0.4) is 0 Å². The number of esters is 1. The van der Waals surface area contributed by atoms with E-state index >= 15 is 0 Å². The van der Waals surface area contributed by atoms with Crippen LogP contribution < -0.4 is 0 Å². The number of carboxylic acids is 2. The number of ketones is 1. The largest absolute Gasteiger partial charge is 0.481 e. The Hall–Kier alpha value is -1.96. The molecule has 18 heavy (non-hydrogen) atoms. The van der Waals surface area contributed by atoms with Gasteiger partial charge >= 0.3 is 17.9 Å². The van der Waals surface area contributed by atoms with Gasteiger partial charge in [-0.15, -0.1) is 0 Å². The lowest BCUT2D eigenvalue weighted by Crippen LogP contribution is -2.35. The standard InChI is InChI=1S/C10H14O8/c1-5(11)3-6(9(14)15)18-10(16)7(17-2)4-8(12)13/h6-7H,3-4H2,1-2H3,(H,12,13)(H,14,15). The molecule has 0 aromatic rings. The van der Waals surface area contributed by atoms with E-state index in [1.165, 1.54) is 0 Å². The van der Waals surface area contributed by atoms with Gasteiger partial charge in [-0.25, -0.2) is 9.59 Å². The average Bonchev–Trinajstić information content (AvgIpc) is 2.23. The van der Waals surface area contributed by atoms with Gasteiger partial charge in [-0.2, -0.15) is 0 Å². The van der Waals surface area contributed by atoms with E-state index in [4.69, 9.17) is 10.2 Å². The first-order chi connectivity index (χ1) is 8.27. The second kappa shape index (κ2) is 7.38. The Balaban J connectivity index is 4.60. The van der Waals surface area contributed by atoms with Gasteiger partial charge in [0.2, 0.25) is 6.10 Å². The highest BCUT2D eigenvalue weighted by Crippen LogP contribution is 2.07. The molecule has 0 aliphatic heterocycles. The van der Waals surface area contributed by atoms with Crippen molar-refractivity contribution in [1.82, 2.24) is 0 Å². The molecule has 0 heterocycles. The number of carbonyl (C=O) groups is 4. The monoisotopic (exact) mass is 262 g/mol. The number of hydrogen-bond donors (Lipinski definition) is 2. The summed E-state index contributed by atoms with van der Waals surface area (Å²) in [7, 11) is 1.09. The van der Waals surface area contributed by atoms with Crippen molar-refractivity contribution in [2.75, 3.05) is 7.11 Å². The molecule has 2 atom stereocenters. The van der Waals surface area contributed by atoms with E-state index < -0.39 is 48.7 Å². The zero-order valence-corrected chi connectivity index (χ0v) is 9.91. The fraction of sp³-hybridized carbons (Fsp3) is 0.600. The summed E-state index contributed by atoms with van der Waals surface area (Å²) in [5, 5.41) is 17.2. The van der Waals surface area contributed by atoms with Crippen LogP contribution in [0.1, 0.15) is 19.8 Å². The van der Waals surface area contributed by atoms with E-state index in [2.05, 4.69) is 9.47 Å². The van der Waals surface area contributed by atoms with E-state index in [0.29, 0.717) is 0 Å². The number of methoxy groups -OCH3 is 1. The topological polar surface area (TPSA) is 127 Å². The molecule has 2 N–H and O–H groups in total. The summed E-state index contributed by atoms with van der Waals surface area (Å²) in [5.41, 5.74) is 0. The minimum atomic E-state index is -1.64. The number of Topliss-reactive ketones (excluding diaryl/α,β-unsaturated/α-hetero) is 1. The Morgan fingerprint density at radius 1 is 1.06 bits per heavy atom. The second-order valence-electron chi connectivity index (χ2n) is 3.49. The number of hydrogen-bond acceptors (Lipinski definition) is 6. The third-order valence-corrected chi connectivity index (χ3v) is 1.91. The van der Waals surface area contributed by atoms with Crippen LogP contribution in [0.25, 0.3) is 0 Å². The Labute approximate surface area is 102 Å². The minimum Gasteiger partial charge on any atom is -0.481 e. The van der Waals surface area contributed by atoms with Gasteiger partial charge in [-0.05, 0) is 6.92 Å². The number of carboxylic acid groups (broad SMARTS) is 2. The normalized spacial score (nSPS) is 13.4. The van der Waals surface area contributed by atoms with Crippen LogP contribution in [0.5, 0.6) is 0 Å². The van der Waals surface area contributed by atoms with Crippen molar-refractivity contribution in [3.63, 3.8) is 0 Å². The number of rotatable bonds is 8. The third-order valence-electron chi connectivity index (χ3n) is 1.91. The molecule has 0 aliphatic rings. The Morgan fingerprint density at radius 2 is 1.61 bits per heavy atom. The first-order valence-electron chi connectivity index (χ1n) is 4.95. The Kier molecular flexibility index (Phi) is 6.58. The molecule has 0 saturated heterocycles. The predicted octanol–water partition coefficient (Wildman–Crippen LogP) is -0.548. The van der Waals surface area contributed by atoms with E-state index in [9.17, 15) is 19.2 Å². The zero-order chi connectivity index (χ0) is 14.3. The van der Waals surface area contributed by atoms with Crippen LogP contribution in [-0.2, 0) is 28.7 Å². The van der Waals surface area contributed by atoms with Gasteiger partial charge in [-0.3, -0.25) is 9.59 Å². The van der Waals surface area contributed by atoms with E-state index in [1.807, 2.05) is 0 Å². The Bertz CT molecular complexity index is 348. The van der Waals surface area contributed by atoms with E-state index in [0.717, 1.165) is 14.0 Å². The van der Waals surface area contributed by atoms with Crippen LogP contribution in [0, 0.1) is 0 Å². The number of carbonyl (C=O) groups excluding carboxylic acids is 2. The molecule has 8 heteroatoms. The molecular weight excluding hydrogens is 248 g/mol. The first-order valence-corrected chi connectivity index (χ1v) is 4.95. The molecule has 0 aromatic heterocycles. The summed E-state index contributed by atoms with van der Waals surface area (Å²) in [4.78, 5) is 43.3. The van der Waals surface area contributed by atoms with Crippen molar-refractivity contribution in [2.24, 2.45) is 0 Å². The highest BCUT2D eigenvalue weighted by atomic mass is 16.6. The molecule has 0 rings (SSSR count). The summed E-state index contributed by atoms with van der Waals surface area (Å²) in [5.74, 6) is -4.38. The molecule has 8 nitrogen and oxygen atoms in total. The predicted molar refractivity (Wildman–Crippen MR) is 55.9 cm³/mol. The molecule has 0 aliphatic carbocycles. The lowest BCUT2D eigenvalue weighted by atomic mass is 10.2. The van der Waals surface area contributed by atoms with Crippen molar-refractivity contribution in [3.05, 3.63) is 0 Å². The molecule has 102 valence electrons.